The Morgan fingerprint density at radius 1 is 1.00 bits per heavy atom. The van der Waals surface area contributed by atoms with Gasteiger partial charge in [-0.3, -0.25) is 0 Å². The third-order valence-corrected chi connectivity index (χ3v) is 3.21. The summed E-state index contributed by atoms with van der Waals surface area (Å²) >= 11 is 0. The first-order valence-electron chi connectivity index (χ1n) is 7.80. The summed E-state index contributed by atoms with van der Waals surface area (Å²) in [7, 11) is 1.54. The first-order valence-corrected chi connectivity index (χ1v) is 7.80. The zero-order valence-corrected chi connectivity index (χ0v) is 13.5. The van der Waals surface area contributed by atoms with Crippen LogP contribution in [0.2, 0.25) is 0 Å². The molecule has 0 aromatic carbocycles. The van der Waals surface area contributed by atoms with Gasteiger partial charge in [0.15, 0.2) is 0 Å². The molecule has 3 nitrogen and oxygen atoms in total. The van der Waals surface area contributed by atoms with Crippen LogP contribution in [0.15, 0.2) is 60.8 Å². The van der Waals surface area contributed by atoms with Gasteiger partial charge in [0, 0.05) is 19.6 Å². The molecule has 22 heavy (non-hydrogen) atoms. The van der Waals surface area contributed by atoms with Crippen molar-refractivity contribution in [2.75, 3.05) is 7.11 Å². The van der Waals surface area contributed by atoms with Gasteiger partial charge in [0.05, 0.1) is 0 Å². The molecule has 0 saturated carbocycles. The smallest absolute Gasteiger partial charge is 0.333 e. The van der Waals surface area contributed by atoms with Gasteiger partial charge in [0.2, 0.25) is 5.79 Å². The monoisotopic (exact) mass is 302 g/mol. The van der Waals surface area contributed by atoms with Crippen LogP contribution in [0, 0.1) is 0 Å². The molecule has 1 unspecified atom stereocenters. The molecule has 0 saturated heterocycles. The molecule has 0 bridgehead atoms. The van der Waals surface area contributed by atoms with Gasteiger partial charge in [-0.15, -0.1) is 0 Å². The standard InChI is InChI=1S/C19H26O3/c1-3-4-5-6-7-8-9-10-11-12-13-14-16-19(21-2)17-15-18(20)22-19/h4-5,7-8,10-11,13-15,17H,3,6,9,12,16H2,1-2H3. The van der Waals surface area contributed by atoms with Crippen molar-refractivity contribution < 1.29 is 14.3 Å². The van der Waals surface area contributed by atoms with Gasteiger partial charge >= 0.3 is 5.97 Å². The number of cyclic esters (lactones) is 1. The quantitative estimate of drug-likeness (QED) is 0.436. The maximum absolute atomic E-state index is 11.1. The van der Waals surface area contributed by atoms with Gasteiger partial charge < -0.3 is 9.47 Å². The highest BCUT2D eigenvalue weighted by molar-refractivity contribution is 5.84. The Morgan fingerprint density at radius 3 is 2.00 bits per heavy atom. The molecule has 1 aliphatic heterocycles. The topological polar surface area (TPSA) is 35.5 Å². The van der Waals surface area contributed by atoms with E-state index in [1.165, 1.54) is 6.08 Å². The van der Waals surface area contributed by atoms with Crippen LogP contribution in [0.4, 0.5) is 0 Å². The van der Waals surface area contributed by atoms with Crippen LogP contribution in [-0.4, -0.2) is 18.9 Å². The molecule has 0 amide bonds. The second-order valence-electron chi connectivity index (χ2n) is 4.98. The molecule has 0 N–H and O–H groups in total. The SMILES string of the molecule is CCC=CCC=CCC=CCC=CCC1(OC)C=CC(=O)O1. The van der Waals surface area contributed by atoms with Crippen LogP contribution in [0.3, 0.4) is 0 Å². The summed E-state index contributed by atoms with van der Waals surface area (Å²) in [5.41, 5.74) is 0. The number of hydrogen-bond acceptors (Lipinski definition) is 3. The predicted octanol–water partition coefficient (Wildman–Crippen LogP) is 4.64. The average Bonchev–Trinajstić information content (AvgIpc) is 2.90. The number of carbonyl (C=O) groups is 1. The number of hydrogen-bond donors (Lipinski definition) is 0. The highest BCUT2D eigenvalue weighted by Crippen LogP contribution is 2.25. The van der Waals surface area contributed by atoms with Gasteiger partial charge in [-0.2, -0.15) is 0 Å². The summed E-state index contributed by atoms with van der Waals surface area (Å²) in [4.78, 5) is 11.1. The number of methoxy groups -OCH3 is 1. The lowest BCUT2D eigenvalue weighted by molar-refractivity contribution is -0.186. The fourth-order valence-corrected chi connectivity index (χ4v) is 1.96. The van der Waals surface area contributed by atoms with E-state index in [9.17, 15) is 4.79 Å². The average molecular weight is 302 g/mol. The fourth-order valence-electron chi connectivity index (χ4n) is 1.96. The first-order chi connectivity index (χ1) is 10.7. The Hall–Kier alpha value is -1.87. The molecule has 1 aliphatic rings. The molecule has 0 aromatic rings. The Morgan fingerprint density at radius 2 is 1.55 bits per heavy atom. The van der Waals surface area contributed by atoms with Crippen molar-refractivity contribution in [1.29, 1.82) is 0 Å². The van der Waals surface area contributed by atoms with E-state index < -0.39 is 5.79 Å². The van der Waals surface area contributed by atoms with Gasteiger partial charge in [-0.1, -0.05) is 55.5 Å². The van der Waals surface area contributed by atoms with Crippen molar-refractivity contribution in [1.82, 2.24) is 0 Å². The number of carbonyl (C=O) groups excluding carboxylic acids is 1. The summed E-state index contributed by atoms with van der Waals surface area (Å²) in [5.74, 6) is -1.26. The maximum Gasteiger partial charge on any atom is 0.333 e. The minimum atomic E-state index is -0.911. The predicted molar refractivity (Wildman–Crippen MR) is 90.3 cm³/mol. The van der Waals surface area contributed by atoms with Crippen molar-refractivity contribution in [3.8, 4) is 0 Å². The second kappa shape index (κ2) is 10.8. The minimum absolute atomic E-state index is 0.351. The number of allylic oxidation sites excluding steroid dienone is 7. The highest BCUT2D eigenvalue weighted by Gasteiger charge is 2.34. The largest absolute Gasteiger partial charge is 0.426 e. The van der Waals surface area contributed by atoms with Gasteiger partial charge in [0.25, 0.3) is 0 Å². The molecule has 1 heterocycles. The van der Waals surface area contributed by atoms with E-state index in [2.05, 4.69) is 43.4 Å². The summed E-state index contributed by atoms with van der Waals surface area (Å²) in [6, 6.07) is 0. The van der Waals surface area contributed by atoms with Crippen molar-refractivity contribution >= 4 is 5.97 Å². The summed E-state index contributed by atoms with van der Waals surface area (Å²) in [6.07, 6.45) is 24.5. The van der Waals surface area contributed by atoms with Crippen LogP contribution in [0.1, 0.15) is 39.0 Å². The summed E-state index contributed by atoms with van der Waals surface area (Å²) in [6.45, 7) is 2.14. The van der Waals surface area contributed by atoms with Crippen LogP contribution >= 0.6 is 0 Å². The normalized spacial score (nSPS) is 22.0. The Kier molecular flexibility index (Phi) is 8.92. The van der Waals surface area contributed by atoms with E-state index in [0.717, 1.165) is 25.7 Å². The van der Waals surface area contributed by atoms with Gasteiger partial charge in [0.1, 0.15) is 0 Å². The molecular formula is C19H26O3. The van der Waals surface area contributed by atoms with Crippen molar-refractivity contribution in [3.05, 3.63) is 60.8 Å². The Bertz CT molecular complexity index is 469. The molecular weight excluding hydrogens is 276 g/mol. The fraction of sp³-hybridized carbons (Fsp3) is 0.421. The molecule has 0 radical (unpaired) electrons. The van der Waals surface area contributed by atoms with Crippen LogP contribution in [0.25, 0.3) is 0 Å². The zero-order valence-electron chi connectivity index (χ0n) is 13.5. The molecule has 120 valence electrons. The number of ether oxygens (including phenoxy) is 2. The summed E-state index contributed by atoms with van der Waals surface area (Å²) in [5, 5.41) is 0. The lowest BCUT2D eigenvalue weighted by Crippen LogP contribution is -2.29. The second-order valence-corrected chi connectivity index (χ2v) is 4.98. The van der Waals surface area contributed by atoms with Gasteiger partial charge in [-0.05, 0) is 31.8 Å². The van der Waals surface area contributed by atoms with Crippen LogP contribution in [0.5, 0.6) is 0 Å². The molecule has 0 fully saturated rings. The Balaban J connectivity index is 2.16. The van der Waals surface area contributed by atoms with Crippen molar-refractivity contribution in [2.24, 2.45) is 0 Å². The zero-order chi connectivity index (χ0) is 16.1. The molecule has 3 heteroatoms. The Labute approximate surface area is 133 Å². The van der Waals surface area contributed by atoms with E-state index in [0.29, 0.717) is 6.42 Å². The highest BCUT2D eigenvalue weighted by atomic mass is 16.7. The van der Waals surface area contributed by atoms with Crippen LogP contribution in [-0.2, 0) is 14.3 Å². The lowest BCUT2D eigenvalue weighted by atomic mass is 10.1. The number of esters is 1. The van der Waals surface area contributed by atoms with E-state index in [-0.39, 0.29) is 5.97 Å². The third kappa shape index (κ3) is 7.23. The van der Waals surface area contributed by atoms with E-state index in [1.54, 1.807) is 13.2 Å². The summed E-state index contributed by atoms with van der Waals surface area (Å²) < 4.78 is 10.4. The maximum atomic E-state index is 11.1. The first kappa shape index (κ1) is 18.2. The molecule has 0 aromatic heterocycles. The molecule has 1 atom stereocenters. The lowest BCUT2D eigenvalue weighted by Gasteiger charge is -2.22. The van der Waals surface area contributed by atoms with E-state index in [1.807, 2.05) is 12.2 Å². The molecule has 0 aliphatic carbocycles. The third-order valence-electron chi connectivity index (χ3n) is 3.21. The molecule has 1 rings (SSSR count). The van der Waals surface area contributed by atoms with Gasteiger partial charge in [-0.25, -0.2) is 4.79 Å². The van der Waals surface area contributed by atoms with Crippen LogP contribution < -0.4 is 0 Å². The van der Waals surface area contributed by atoms with Crippen molar-refractivity contribution in [2.45, 2.75) is 44.8 Å². The molecule has 0 spiro atoms. The van der Waals surface area contributed by atoms with E-state index in [4.69, 9.17) is 9.47 Å². The van der Waals surface area contributed by atoms with Crippen molar-refractivity contribution in [3.63, 3.8) is 0 Å². The minimum Gasteiger partial charge on any atom is -0.426 e. The van der Waals surface area contributed by atoms with E-state index >= 15 is 0 Å². The number of rotatable bonds is 10.